The summed E-state index contributed by atoms with van der Waals surface area (Å²) in [5, 5.41) is 22.6. The fourth-order valence-corrected chi connectivity index (χ4v) is 7.81. The van der Waals surface area contributed by atoms with E-state index in [1.54, 1.807) is 41.5 Å². The molecule has 3 aliphatic heterocycles. The molecule has 0 radical (unpaired) electrons. The van der Waals surface area contributed by atoms with Gasteiger partial charge in [0.25, 0.3) is 0 Å². The van der Waals surface area contributed by atoms with Gasteiger partial charge >= 0.3 is 6.09 Å². The Labute approximate surface area is 273 Å². The van der Waals surface area contributed by atoms with Crippen molar-refractivity contribution in [1.29, 1.82) is 0 Å². The Morgan fingerprint density at radius 3 is 2.13 bits per heavy atom. The van der Waals surface area contributed by atoms with Crippen molar-refractivity contribution in [2.24, 2.45) is 23.7 Å². The van der Waals surface area contributed by atoms with E-state index in [4.69, 9.17) is 23.7 Å². The van der Waals surface area contributed by atoms with E-state index in [0.29, 0.717) is 6.42 Å². The number of fused-ring (bicyclic) bond motifs is 1. The topological polar surface area (TPSA) is 161 Å². The zero-order valence-electron chi connectivity index (χ0n) is 29.5. The predicted molar refractivity (Wildman–Crippen MR) is 166 cm³/mol. The van der Waals surface area contributed by atoms with Crippen LogP contribution in [0.2, 0.25) is 0 Å². The van der Waals surface area contributed by atoms with Crippen molar-refractivity contribution in [2.75, 3.05) is 21.2 Å². The van der Waals surface area contributed by atoms with E-state index in [2.05, 4.69) is 0 Å². The van der Waals surface area contributed by atoms with Gasteiger partial charge in [-0.15, -0.1) is 0 Å². The molecule has 14 atom stereocenters. The molecule has 13 nitrogen and oxygen atoms in total. The number of amides is 2. The normalized spacial score (nSPS) is 44.9. The van der Waals surface area contributed by atoms with Crippen molar-refractivity contribution in [1.82, 2.24) is 9.80 Å². The number of nitrogens with zero attached hydrogens (tertiary/aromatic N) is 2. The van der Waals surface area contributed by atoms with E-state index in [-0.39, 0.29) is 30.8 Å². The summed E-state index contributed by atoms with van der Waals surface area (Å²) in [5.41, 5.74) is -2.77. The molecule has 3 aliphatic rings. The van der Waals surface area contributed by atoms with Crippen LogP contribution in [-0.4, -0.2) is 125 Å². The van der Waals surface area contributed by atoms with Gasteiger partial charge in [-0.3, -0.25) is 14.4 Å². The van der Waals surface area contributed by atoms with Crippen LogP contribution in [0, 0.1) is 23.7 Å². The number of carbonyl (C=O) groups excluding carboxylic acids is 4. The Hall–Kier alpha value is -2.00. The molecule has 264 valence electrons. The molecule has 0 aromatic heterocycles. The lowest BCUT2D eigenvalue weighted by Crippen LogP contribution is -2.60. The molecule has 13 heteroatoms. The van der Waals surface area contributed by atoms with E-state index < -0.39 is 89.6 Å². The second-order valence-corrected chi connectivity index (χ2v) is 14.2. The smallest absolute Gasteiger partial charge is 0.417 e. The minimum atomic E-state index is -1.63. The third-order valence-electron chi connectivity index (χ3n) is 10.5. The molecule has 0 aliphatic carbocycles. The van der Waals surface area contributed by atoms with Gasteiger partial charge in [-0.05, 0) is 54.1 Å². The van der Waals surface area contributed by atoms with Crippen molar-refractivity contribution < 1.29 is 53.1 Å². The number of hydrogen-bond acceptors (Lipinski definition) is 12. The van der Waals surface area contributed by atoms with Gasteiger partial charge in [0.1, 0.15) is 23.8 Å². The van der Waals surface area contributed by atoms with Crippen LogP contribution < -0.4 is 0 Å². The lowest BCUT2D eigenvalue weighted by Gasteiger charge is -2.47. The Morgan fingerprint density at radius 1 is 1.00 bits per heavy atom. The van der Waals surface area contributed by atoms with Crippen molar-refractivity contribution in [3.63, 3.8) is 0 Å². The van der Waals surface area contributed by atoms with E-state index in [0.717, 1.165) is 4.90 Å². The number of carbonyl (C=O) groups is 4. The van der Waals surface area contributed by atoms with E-state index in [9.17, 15) is 29.4 Å². The standard InChI is InChI=1S/C33H56N2O11/c1-13-23-33(9)27(35(21(7)36)31(41)46-33)18(4)24(37)16(2)15-32(8,42-12)28(19(5)25(38)20(6)29(40)44-23)45-30-26(39)22(34(10)11)14-17(3)43-30/h16-20,22-23,26-30,39-40H,13-15H2,1-12H3/t16-,17-,18+,19+,20-,22+,23-,26-,27-,28-,29?,30+,32-,33-/m1/s1. The summed E-state index contributed by atoms with van der Waals surface area (Å²) in [5.74, 6) is -4.82. The fraction of sp³-hybridized carbons (Fsp3) is 0.879. The van der Waals surface area contributed by atoms with Crippen LogP contribution in [0.15, 0.2) is 0 Å². The molecule has 3 fully saturated rings. The second kappa shape index (κ2) is 14.6. The minimum Gasteiger partial charge on any atom is -0.438 e. The summed E-state index contributed by atoms with van der Waals surface area (Å²) >= 11 is 0. The van der Waals surface area contributed by atoms with Gasteiger partial charge in [0.2, 0.25) is 5.91 Å². The number of imide groups is 1. The van der Waals surface area contributed by atoms with Gasteiger partial charge in [-0.2, -0.15) is 0 Å². The summed E-state index contributed by atoms with van der Waals surface area (Å²) in [6, 6.07) is -1.32. The summed E-state index contributed by atoms with van der Waals surface area (Å²) < 4.78 is 30.5. The van der Waals surface area contributed by atoms with Crippen LogP contribution in [0.4, 0.5) is 4.79 Å². The monoisotopic (exact) mass is 656 g/mol. The Bertz CT molecular complexity index is 1130. The molecule has 46 heavy (non-hydrogen) atoms. The first-order chi connectivity index (χ1) is 21.2. The lowest BCUT2D eigenvalue weighted by molar-refractivity contribution is -0.295. The highest BCUT2D eigenvalue weighted by atomic mass is 16.7. The van der Waals surface area contributed by atoms with Gasteiger partial charge < -0.3 is 38.8 Å². The van der Waals surface area contributed by atoms with Crippen LogP contribution >= 0.6 is 0 Å². The largest absolute Gasteiger partial charge is 0.438 e. The highest BCUT2D eigenvalue weighted by molar-refractivity contribution is 5.95. The molecule has 0 aromatic carbocycles. The SMILES string of the molecule is CC[C@H]1OC(O)[C@H](C)C(=O)[C@H](C)[C@@H](O[C@@H]2O[C@H](C)C[C@H](N(C)C)[C@H]2O)[C@](C)(OC)C[C@@H](C)C(=O)[C@H](C)[C@H]2N(C(C)=O)C(=O)O[C@]12C. The van der Waals surface area contributed by atoms with Crippen molar-refractivity contribution in [3.05, 3.63) is 0 Å². The molecule has 2 amide bonds. The van der Waals surface area contributed by atoms with Crippen molar-refractivity contribution in [3.8, 4) is 0 Å². The molecule has 0 bridgehead atoms. The zero-order chi connectivity index (χ0) is 35.0. The maximum atomic E-state index is 14.2. The van der Waals surface area contributed by atoms with Crippen LogP contribution in [-0.2, 0) is 38.1 Å². The highest BCUT2D eigenvalue weighted by Gasteiger charge is 2.61. The number of aliphatic hydroxyl groups is 2. The number of methoxy groups -OCH3 is 1. The second-order valence-electron chi connectivity index (χ2n) is 14.2. The molecule has 3 heterocycles. The third kappa shape index (κ3) is 7.20. The average molecular weight is 657 g/mol. The number of hydrogen-bond donors (Lipinski definition) is 2. The van der Waals surface area contributed by atoms with Crippen LogP contribution in [0.1, 0.15) is 81.6 Å². The molecule has 3 saturated heterocycles. The number of aliphatic hydroxyl groups excluding tert-OH is 2. The fourth-order valence-electron chi connectivity index (χ4n) is 7.81. The number of rotatable bonds is 5. The summed E-state index contributed by atoms with van der Waals surface area (Å²) in [6.45, 7) is 14.8. The van der Waals surface area contributed by atoms with Gasteiger partial charge in [-0.25, -0.2) is 9.69 Å². The number of ether oxygens (including phenoxy) is 5. The summed E-state index contributed by atoms with van der Waals surface area (Å²) in [7, 11) is 5.18. The van der Waals surface area contributed by atoms with Crippen LogP contribution in [0.3, 0.4) is 0 Å². The minimum absolute atomic E-state index is 0.0907. The molecule has 0 aromatic rings. The van der Waals surface area contributed by atoms with Gasteiger partial charge in [0, 0.05) is 37.8 Å². The first kappa shape index (κ1) is 38.4. The molecule has 1 unspecified atom stereocenters. The number of Topliss-reactive ketones (excluding diaryl/α,β-unsaturated/α-hetero) is 2. The van der Waals surface area contributed by atoms with E-state index in [1.165, 1.54) is 21.0 Å². The first-order valence-electron chi connectivity index (χ1n) is 16.4. The molecule has 0 saturated carbocycles. The van der Waals surface area contributed by atoms with Gasteiger partial charge in [0.05, 0.1) is 29.8 Å². The number of likely N-dealkylation sites (N-methyl/N-ethyl adjacent to an activating group) is 1. The molecular formula is C33H56N2O11. The Kier molecular flexibility index (Phi) is 12.2. The van der Waals surface area contributed by atoms with Gasteiger partial charge in [0.15, 0.2) is 18.2 Å². The first-order valence-corrected chi connectivity index (χ1v) is 16.4. The van der Waals surface area contributed by atoms with Crippen molar-refractivity contribution >= 4 is 23.6 Å². The Balaban J connectivity index is 2.14. The molecule has 2 N–H and O–H groups in total. The zero-order valence-corrected chi connectivity index (χ0v) is 29.5. The molecule has 0 spiro atoms. The third-order valence-corrected chi connectivity index (χ3v) is 10.5. The van der Waals surface area contributed by atoms with E-state index in [1.807, 2.05) is 25.9 Å². The summed E-state index contributed by atoms with van der Waals surface area (Å²) in [4.78, 5) is 57.0. The lowest BCUT2D eigenvalue weighted by atomic mass is 9.73. The predicted octanol–water partition coefficient (Wildman–Crippen LogP) is 2.53. The summed E-state index contributed by atoms with van der Waals surface area (Å²) in [6.07, 6.45) is -6.03. The Morgan fingerprint density at radius 2 is 1.61 bits per heavy atom. The molecule has 3 rings (SSSR count). The van der Waals surface area contributed by atoms with E-state index >= 15 is 0 Å². The van der Waals surface area contributed by atoms with Crippen LogP contribution in [0.5, 0.6) is 0 Å². The maximum absolute atomic E-state index is 14.2. The van der Waals surface area contributed by atoms with Crippen LogP contribution in [0.25, 0.3) is 0 Å². The highest BCUT2D eigenvalue weighted by Crippen LogP contribution is 2.43. The van der Waals surface area contributed by atoms with Gasteiger partial charge in [-0.1, -0.05) is 34.6 Å². The molecular weight excluding hydrogens is 600 g/mol. The quantitative estimate of drug-likeness (QED) is 0.446. The number of ketones is 2. The average Bonchev–Trinajstić information content (AvgIpc) is 3.27. The maximum Gasteiger partial charge on any atom is 0.417 e. The van der Waals surface area contributed by atoms with Crippen molar-refractivity contribution in [2.45, 2.75) is 142 Å².